The molecule has 0 aliphatic heterocycles. The quantitative estimate of drug-likeness (QED) is 0.666. The molecule has 1 aromatic heterocycles. The number of nitrogens with zero attached hydrogens (tertiary/aromatic N) is 2. The Morgan fingerprint density at radius 2 is 1.92 bits per heavy atom. The molecule has 0 atom stereocenters. The predicted octanol–water partition coefficient (Wildman–Crippen LogP) is 3.75. The number of amides is 1. The molecule has 5 nitrogen and oxygen atoms in total. The van der Waals surface area contributed by atoms with Crippen LogP contribution >= 0.6 is 11.6 Å². The molecule has 3 aromatic rings. The molecule has 0 saturated heterocycles. The monoisotopic (exact) mass is 369 g/mol. The van der Waals surface area contributed by atoms with Gasteiger partial charge in [-0.15, -0.1) is 0 Å². The number of benzene rings is 2. The van der Waals surface area contributed by atoms with Crippen LogP contribution in [0.5, 0.6) is 0 Å². The molecule has 0 fully saturated rings. The van der Waals surface area contributed by atoms with Gasteiger partial charge in [0.1, 0.15) is 5.82 Å². The van der Waals surface area contributed by atoms with Crippen LogP contribution in [0.4, 0.5) is 0 Å². The number of hydrogen-bond donors (Lipinski definition) is 2. The fourth-order valence-electron chi connectivity index (χ4n) is 2.78. The first kappa shape index (κ1) is 18.2. The van der Waals surface area contributed by atoms with E-state index < -0.39 is 0 Å². The Hall–Kier alpha value is -2.63. The van der Waals surface area contributed by atoms with Gasteiger partial charge in [0, 0.05) is 42.7 Å². The fraction of sp³-hybridized carbons (Fsp3) is 0.200. The number of aromatic nitrogens is 2. The second-order valence-electron chi connectivity index (χ2n) is 5.91. The highest BCUT2D eigenvalue weighted by Crippen LogP contribution is 2.22. The number of nitrogens with one attached hydrogen (secondary N) is 1. The average Bonchev–Trinajstić information content (AvgIpc) is 3.21. The van der Waals surface area contributed by atoms with Crippen molar-refractivity contribution in [3.63, 3.8) is 0 Å². The summed E-state index contributed by atoms with van der Waals surface area (Å²) in [6.45, 7) is 0.942. The smallest absolute Gasteiger partial charge is 0.254 e. The van der Waals surface area contributed by atoms with E-state index in [1.54, 1.807) is 23.4 Å². The zero-order chi connectivity index (χ0) is 18.4. The van der Waals surface area contributed by atoms with E-state index in [4.69, 9.17) is 11.6 Å². The number of aromatic amines is 1. The maximum absolute atomic E-state index is 13.2. The van der Waals surface area contributed by atoms with Crippen LogP contribution in [-0.2, 0) is 6.54 Å². The minimum atomic E-state index is -0.0969. The Kier molecular flexibility index (Phi) is 6.04. The minimum absolute atomic E-state index is 0.0320. The molecular formula is C20H20ClN3O2. The van der Waals surface area contributed by atoms with Gasteiger partial charge in [-0.1, -0.05) is 41.9 Å². The molecule has 1 amide bonds. The van der Waals surface area contributed by atoms with Gasteiger partial charge in [0.25, 0.3) is 5.91 Å². The summed E-state index contributed by atoms with van der Waals surface area (Å²) in [7, 11) is 0. The largest absolute Gasteiger partial charge is 0.396 e. The van der Waals surface area contributed by atoms with Crippen LogP contribution in [0.25, 0.3) is 11.4 Å². The molecule has 26 heavy (non-hydrogen) atoms. The van der Waals surface area contributed by atoms with Gasteiger partial charge in [-0.3, -0.25) is 4.79 Å². The topological polar surface area (TPSA) is 69.2 Å². The number of imidazole rings is 1. The highest BCUT2D eigenvalue weighted by molar-refractivity contribution is 6.30. The van der Waals surface area contributed by atoms with E-state index in [-0.39, 0.29) is 12.5 Å². The summed E-state index contributed by atoms with van der Waals surface area (Å²) in [6, 6.07) is 14.8. The lowest BCUT2D eigenvalue weighted by Gasteiger charge is -2.23. The van der Waals surface area contributed by atoms with E-state index in [0.717, 1.165) is 11.1 Å². The summed E-state index contributed by atoms with van der Waals surface area (Å²) in [4.78, 5) is 22.3. The lowest BCUT2D eigenvalue weighted by atomic mass is 10.0. The number of hydrogen-bond acceptors (Lipinski definition) is 3. The van der Waals surface area contributed by atoms with Crippen LogP contribution in [0.1, 0.15) is 22.3 Å². The Balaban J connectivity index is 1.89. The number of rotatable bonds is 7. The van der Waals surface area contributed by atoms with Crippen molar-refractivity contribution in [3.05, 3.63) is 77.1 Å². The van der Waals surface area contributed by atoms with Crippen molar-refractivity contribution in [1.29, 1.82) is 0 Å². The van der Waals surface area contributed by atoms with E-state index in [2.05, 4.69) is 9.97 Å². The molecule has 3 rings (SSSR count). The first-order valence-corrected chi connectivity index (χ1v) is 8.80. The maximum atomic E-state index is 13.2. The summed E-state index contributed by atoms with van der Waals surface area (Å²) in [5.74, 6) is 0.558. The van der Waals surface area contributed by atoms with Gasteiger partial charge in [0.15, 0.2) is 0 Å². The van der Waals surface area contributed by atoms with Gasteiger partial charge >= 0.3 is 0 Å². The van der Waals surface area contributed by atoms with Crippen molar-refractivity contribution >= 4 is 17.5 Å². The Labute approximate surface area is 157 Å². The third-order valence-electron chi connectivity index (χ3n) is 4.07. The molecule has 0 unspecified atom stereocenters. The molecule has 0 radical (unpaired) electrons. The number of H-pyrrole nitrogens is 1. The highest BCUT2D eigenvalue weighted by atomic mass is 35.5. The van der Waals surface area contributed by atoms with Crippen molar-refractivity contribution in [2.24, 2.45) is 0 Å². The summed E-state index contributed by atoms with van der Waals surface area (Å²) in [5, 5.41) is 9.86. The first-order chi connectivity index (χ1) is 12.7. The Bertz CT molecular complexity index is 848. The van der Waals surface area contributed by atoms with E-state index in [1.807, 2.05) is 42.5 Å². The van der Waals surface area contributed by atoms with Gasteiger partial charge in [-0.05, 0) is 30.2 Å². The SMILES string of the molecule is O=C(c1ccccc1-c1ncc[nH]1)N(CCCO)Cc1ccc(Cl)cc1. The molecule has 134 valence electrons. The molecule has 0 bridgehead atoms. The lowest BCUT2D eigenvalue weighted by Crippen LogP contribution is -2.32. The Morgan fingerprint density at radius 3 is 2.62 bits per heavy atom. The number of aliphatic hydroxyl groups excluding tert-OH is 1. The van der Waals surface area contributed by atoms with Crippen LogP contribution in [0, 0.1) is 0 Å². The summed E-state index contributed by atoms with van der Waals surface area (Å²) in [5.41, 5.74) is 2.32. The summed E-state index contributed by atoms with van der Waals surface area (Å²) < 4.78 is 0. The van der Waals surface area contributed by atoms with Crippen LogP contribution in [0.3, 0.4) is 0 Å². The number of halogens is 1. The van der Waals surface area contributed by atoms with Crippen molar-refractivity contribution in [3.8, 4) is 11.4 Å². The standard InChI is InChI=1S/C20H20ClN3O2/c21-16-8-6-15(7-9-16)14-24(12-3-13-25)20(26)18-5-2-1-4-17(18)19-22-10-11-23-19/h1-2,4-11,25H,3,12-14H2,(H,22,23). The fourth-order valence-corrected chi connectivity index (χ4v) is 2.91. The van der Waals surface area contributed by atoms with Gasteiger partial charge in [-0.25, -0.2) is 4.98 Å². The van der Waals surface area contributed by atoms with Gasteiger partial charge in [0.2, 0.25) is 0 Å². The molecule has 0 spiro atoms. The molecule has 2 N–H and O–H groups in total. The molecule has 2 aromatic carbocycles. The third-order valence-corrected chi connectivity index (χ3v) is 4.32. The van der Waals surface area contributed by atoms with Crippen LogP contribution in [-0.4, -0.2) is 39.0 Å². The van der Waals surface area contributed by atoms with Crippen LogP contribution in [0.2, 0.25) is 5.02 Å². The van der Waals surface area contributed by atoms with Crippen molar-refractivity contribution in [1.82, 2.24) is 14.9 Å². The second-order valence-corrected chi connectivity index (χ2v) is 6.35. The van der Waals surface area contributed by atoms with E-state index >= 15 is 0 Å². The zero-order valence-electron chi connectivity index (χ0n) is 14.2. The molecule has 0 aliphatic carbocycles. The normalized spacial score (nSPS) is 10.7. The highest BCUT2D eigenvalue weighted by Gasteiger charge is 2.20. The summed E-state index contributed by atoms with van der Waals surface area (Å²) >= 11 is 5.94. The zero-order valence-corrected chi connectivity index (χ0v) is 15.0. The van der Waals surface area contributed by atoms with E-state index in [0.29, 0.717) is 35.9 Å². The third kappa shape index (κ3) is 4.31. The molecule has 1 heterocycles. The lowest BCUT2D eigenvalue weighted by molar-refractivity contribution is 0.0732. The number of carbonyl (C=O) groups is 1. The molecule has 6 heteroatoms. The van der Waals surface area contributed by atoms with E-state index in [1.165, 1.54) is 0 Å². The second kappa shape index (κ2) is 8.65. The maximum Gasteiger partial charge on any atom is 0.254 e. The van der Waals surface area contributed by atoms with Gasteiger partial charge in [-0.2, -0.15) is 0 Å². The Morgan fingerprint density at radius 1 is 1.15 bits per heavy atom. The van der Waals surface area contributed by atoms with Crippen molar-refractivity contribution in [2.75, 3.05) is 13.2 Å². The predicted molar refractivity (Wildman–Crippen MR) is 102 cm³/mol. The average molecular weight is 370 g/mol. The molecule has 0 saturated carbocycles. The molecule has 0 aliphatic rings. The van der Waals surface area contributed by atoms with Crippen molar-refractivity contribution < 1.29 is 9.90 Å². The number of carbonyl (C=O) groups excluding carboxylic acids is 1. The van der Waals surface area contributed by atoms with Gasteiger partial charge < -0.3 is 15.0 Å². The summed E-state index contributed by atoms with van der Waals surface area (Å²) in [6.07, 6.45) is 3.91. The van der Waals surface area contributed by atoms with Gasteiger partial charge in [0.05, 0.1) is 5.56 Å². The van der Waals surface area contributed by atoms with Crippen LogP contribution < -0.4 is 0 Å². The number of aliphatic hydroxyl groups is 1. The van der Waals surface area contributed by atoms with E-state index in [9.17, 15) is 9.90 Å². The van der Waals surface area contributed by atoms with Crippen molar-refractivity contribution in [2.45, 2.75) is 13.0 Å². The minimum Gasteiger partial charge on any atom is -0.396 e. The molecular weight excluding hydrogens is 350 g/mol. The first-order valence-electron chi connectivity index (χ1n) is 8.42. The van der Waals surface area contributed by atoms with Crippen LogP contribution in [0.15, 0.2) is 60.9 Å².